The van der Waals surface area contributed by atoms with Gasteiger partial charge in [0, 0.05) is 19.5 Å². The number of nitrogens with one attached hydrogen (secondary N) is 1. The Labute approximate surface area is 254 Å². The van der Waals surface area contributed by atoms with Gasteiger partial charge in [0.25, 0.3) is 10.0 Å². The van der Waals surface area contributed by atoms with Gasteiger partial charge >= 0.3 is 0 Å². The molecule has 0 fully saturated rings. The summed E-state index contributed by atoms with van der Waals surface area (Å²) in [5, 5.41) is 2.87. The number of carbonyl (C=O) groups excluding carboxylic acids is 2. The van der Waals surface area contributed by atoms with Crippen LogP contribution < -0.4 is 14.4 Å². The van der Waals surface area contributed by atoms with E-state index >= 15 is 0 Å². The number of anilines is 1. The molecule has 1 atom stereocenters. The second kappa shape index (κ2) is 14.5. The van der Waals surface area contributed by atoms with Crippen molar-refractivity contribution >= 4 is 27.5 Å². The maximum absolute atomic E-state index is 14.4. The van der Waals surface area contributed by atoms with Crippen LogP contribution in [0.3, 0.4) is 0 Å². The summed E-state index contributed by atoms with van der Waals surface area (Å²) in [6.45, 7) is 3.63. The quantitative estimate of drug-likeness (QED) is 0.234. The minimum atomic E-state index is -4.13. The van der Waals surface area contributed by atoms with Crippen LogP contribution >= 0.6 is 0 Å². The smallest absolute Gasteiger partial charge is 0.264 e. The monoisotopic (exact) mass is 599 g/mol. The summed E-state index contributed by atoms with van der Waals surface area (Å²) in [5.41, 5.74) is 2.86. The predicted octanol–water partition coefficient (Wildman–Crippen LogP) is 4.98. The highest BCUT2D eigenvalue weighted by atomic mass is 32.2. The number of aryl methyl sites for hydroxylation is 1. The zero-order valence-electron chi connectivity index (χ0n) is 24.6. The lowest BCUT2D eigenvalue weighted by Gasteiger charge is -2.34. The Morgan fingerprint density at radius 3 is 2.09 bits per heavy atom. The number of ether oxygens (including phenoxy) is 1. The van der Waals surface area contributed by atoms with Crippen LogP contribution in [0.1, 0.15) is 23.6 Å². The number of benzene rings is 4. The van der Waals surface area contributed by atoms with Crippen LogP contribution in [-0.4, -0.2) is 51.4 Å². The van der Waals surface area contributed by atoms with E-state index in [4.69, 9.17) is 4.74 Å². The molecule has 0 bridgehead atoms. The van der Waals surface area contributed by atoms with Gasteiger partial charge in [0.2, 0.25) is 11.8 Å². The summed E-state index contributed by atoms with van der Waals surface area (Å²) in [6.07, 6.45) is 0.248. The Bertz CT molecular complexity index is 1610. The molecule has 2 amide bonds. The maximum atomic E-state index is 14.4. The third-order valence-corrected chi connectivity index (χ3v) is 8.83. The lowest BCUT2D eigenvalue weighted by atomic mass is 10.0. The molecule has 4 rings (SSSR count). The van der Waals surface area contributed by atoms with Crippen molar-refractivity contribution < 1.29 is 22.7 Å². The number of hydrogen-bond acceptors (Lipinski definition) is 5. The summed E-state index contributed by atoms with van der Waals surface area (Å²) >= 11 is 0. The number of hydrogen-bond donors (Lipinski definition) is 1. The van der Waals surface area contributed by atoms with Crippen molar-refractivity contribution in [2.75, 3.05) is 24.5 Å². The molecule has 4 aromatic carbocycles. The lowest BCUT2D eigenvalue weighted by Crippen LogP contribution is -2.53. The van der Waals surface area contributed by atoms with Gasteiger partial charge in [-0.1, -0.05) is 78.4 Å². The molecule has 0 unspecified atom stereocenters. The van der Waals surface area contributed by atoms with Crippen molar-refractivity contribution in [2.45, 2.75) is 37.8 Å². The van der Waals surface area contributed by atoms with E-state index in [2.05, 4.69) is 5.32 Å². The largest absolute Gasteiger partial charge is 0.497 e. The van der Waals surface area contributed by atoms with Gasteiger partial charge in [-0.2, -0.15) is 0 Å². The molecule has 0 aliphatic heterocycles. The fourth-order valence-corrected chi connectivity index (χ4v) is 6.19. The molecule has 0 aliphatic rings. The normalized spacial score (nSPS) is 11.8. The van der Waals surface area contributed by atoms with Gasteiger partial charge in [0.05, 0.1) is 17.7 Å². The number of methoxy groups -OCH3 is 1. The molecule has 8 nitrogen and oxygen atoms in total. The van der Waals surface area contributed by atoms with Crippen LogP contribution in [-0.2, 0) is 32.6 Å². The van der Waals surface area contributed by atoms with E-state index < -0.39 is 28.5 Å². The molecule has 0 saturated carbocycles. The minimum Gasteiger partial charge on any atom is -0.497 e. The molecular weight excluding hydrogens is 562 g/mol. The van der Waals surface area contributed by atoms with E-state index in [-0.39, 0.29) is 23.8 Å². The van der Waals surface area contributed by atoms with E-state index in [1.165, 1.54) is 17.0 Å². The number of amides is 2. The van der Waals surface area contributed by atoms with Gasteiger partial charge in [0.1, 0.15) is 18.3 Å². The SMILES string of the molecule is CCNC(=O)[C@H](Cc1ccccc1)N(Cc1cccc(OC)c1)C(=O)CN(c1ccccc1)S(=O)(=O)c1ccc(C)cc1. The van der Waals surface area contributed by atoms with Crippen molar-refractivity contribution in [1.29, 1.82) is 0 Å². The second-order valence-corrected chi connectivity index (χ2v) is 12.0. The summed E-state index contributed by atoms with van der Waals surface area (Å²) in [5.74, 6) is -0.236. The molecule has 4 aromatic rings. The van der Waals surface area contributed by atoms with Gasteiger partial charge in [-0.3, -0.25) is 13.9 Å². The summed E-state index contributed by atoms with van der Waals surface area (Å²) in [7, 11) is -2.57. The summed E-state index contributed by atoms with van der Waals surface area (Å²) in [4.78, 5) is 29.5. The second-order valence-electron chi connectivity index (χ2n) is 10.1. The van der Waals surface area contributed by atoms with Crippen molar-refractivity contribution in [3.63, 3.8) is 0 Å². The lowest BCUT2D eigenvalue weighted by molar-refractivity contribution is -0.140. The number of para-hydroxylation sites is 1. The highest BCUT2D eigenvalue weighted by Gasteiger charge is 2.34. The fraction of sp³-hybridized carbons (Fsp3) is 0.235. The van der Waals surface area contributed by atoms with Crippen molar-refractivity contribution in [3.05, 3.63) is 126 Å². The van der Waals surface area contributed by atoms with Crippen molar-refractivity contribution in [2.24, 2.45) is 0 Å². The first-order chi connectivity index (χ1) is 20.7. The molecule has 9 heteroatoms. The van der Waals surface area contributed by atoms with Crippen LogP contribution in [0.5, 0.6) is 5.75 Å². The molecule has 0 aromatic heterocycles. The van der Waals surface area contributed by atoms with E-state index in [0.717, 1.165) is 21.0 Å². The third kappa shape index (κ3) is 8.02. The zero-order chi connectivity index (χ0) is 30.8. The number of carbonyl (C=O) groups is 2. The fourth-order valence-electron chi connectivity index (χ4n) is 4.77. The molecule has 1 N–H and O–H groups in total. The molecule has 0 saturated heterocycles. The Balaban J connectivity index is 1.78. The Kier molecular flexibility index (Phi) is 10.6. The van der Waals surface area contributed by atoms with E-state index in [0.29, 0.717) is 18.0 Å². The van der Waals surface area contributed by atoms with Gasteiger partial charge < -0.3 is 15.0 Å². The van der Waals surface area contributed by atoms with Crippen LogP contribution in [0.2, 0.25) is 0 Å². The predicted molar refractivity (Wildman–Crippen MR) is 168 cm³/mol. The van der Waals surface area contributed by atoms with E-state index in [9.17, 15) is 18.0 Å². The van der Waals surface area contributed by atoms with Crippen molar-refractivity contribution in [1.82, 2.24) is 10.2 Å². The molecule has 0 radical (unpaired) electrons. The molecule has 224 valence electrons. The van der Waals surface area contributed by atoms with Gasteiger partial charge in [0.15, 0.2) is 0 Å². The number of nitrogens with zero attached hydrogens (tertiary/aromatic N) is 2. The van der Waals surface area contributed by atoms with E-state index in [1.807, 2.05) is 56.3 Å². The van der Waals surface area contributed by atoms with Gasteiger partial charge in [-0.05, 0) is 61.4 Å². The Hall–Kier alpha value is -4.63. The van der Waals surface area contributed by atoms with E-state index in [1.54, 1.807) is 61.7 Å². The van der Waals surface area contributed by atoms with Crippen LogP contribution in [0.25, 0.3) is 0 Å². The zero-order valence-corrected chi connectivity index (χ0v) is 25.5. The standard InChI is InChI=1S/C34H37N3O5S/c1-4-35-34(39)32(23-27-12-7-5-8-13-27)36(24-28-14-11-17-30(22-28)42-3)33(38)25-37(29-15-9-6-10-16-29)43(40,41)31-20-18-26(2)19-21-31/h5-22,32H,4,23-25H2,1-3H3,(H,35,39)/t32-/m0/s1. The van der Waals surface area contributed by atoms with Crippen LogP contribution in [0, 0.1) is 6.92 Å². The average molecular weight is 600 g/mol. The first kappa shape index (κ1) is 31.3. The Morgan fingerprint density at radius 1 is 0.837 bits per heavy atom. The van der Waals surface area contributed by atoms with Crippen LogP contribution in [0.15, 0.2) is 114 Å². The summed E-state index contributed by atoms with van der Waals surface area (Å²) < 4.78 is 34.5. The van der Waals surface area contributed by atoms with Crippen LogP contribution in [0.4, 0.5) is 5.69 Å². The maximum Gasteiger partial charge on any atom is 0.264 e. The van der Waals surface area contributed by atoms with Gasteiger partial charge in [-0.15, -0.1) is 0 Å². The average Bonchev–Trinajstić information content (AvgIpc) is 3.02. The molecule has 43 heavy (non-hydrogen) atoms. The minimum absolute atomic E-state index is 0.0673. The highest BCUT2D eigenvalue weighted by molar-refractivity contribution is 7.92. The highest BCUT2D eigenvalue weighted by Crippen LogP contribution is 2.25. The summed E-state index contributed by atoms with van der Waals surface area (Å²) in [6, 6.07) is 30.8. The number of rotatable bonds is 13. The third-order valence-electron chi connectivity index (χ3n) is 7.04. The topological polar surface area (TPSA) is 96.0 Å². The molecular formula is C34H37N3O5S. The molecule has 0 spiro atoms. The Morgan fingerprint density at radius 2 is 1.47 bits per heavy atom. The van der Waals surface area contributed by atoms with Crippen molar-refractivity contribution in [3.8, 4) is 5.75 Å². The first-order valence-corrected chi connectivity index (χ1v) is 15.6. The number of sulfonamides is 1. The first-order valence-electron chi connectivity index (χ1n) is 14.1. The van der Waals surface area contributed by atoms with Gasteiger partial charge in [-0.25, -0.2) is 8.42 Å². The molecule has 0 heterocycles. The molecule has 0 aliphatic carbocycles. The number of likely N-dealkylation sites (N-methyl/N-ethyl adjacent to an activating group) is 1.